The van der Waals surface area contributed by atoms with Crippen LogP contribution in [0, 0.1) is 18.3 Å². The summed E-state index contributed by atoms with van der Waals surface area (Å²) in [4.78, 5) is 23.8. The molecule has 0 radical (unpaired) electrons. The van der Waals surface area contributed by atoms with Gasteiger partial charge in [-0.2, -0.15) is 0 Å². The van der Waals surface area contributed by atoms with Gasteiger partial charge in [0.1, 0.15) is 0 Å². The second-order valence-electron chi connectivity index (χ2n) is 3.59. The first kappa shape index (κ1) is 11.5. The van der Waals surface area contributed by atoms with Gasteiger partial charge >= 0.3 is 5.97 Å². The second kappa shape index (κ2) is 4.80. The summed E-state index contributed by atoms with van der Waals surface area (Å²) in [5.41, 5.74) is 0. The van der Waals surface area contributed by atoms with E-state index in [2.05, 4.69) is 11.2 Å². The van der Waals surface area contributed by atoms with Gasteiger partial charge in [0.25, 0.3) is 0 Å². The number of nitrogens with zero attached hydrogens (tertiary/aromatic N) is 1. The Morgan fingerprint density at radius 3 is 2.73 bits per heavy atom. The number of carboxylic acid groups (broad SMARTS) is 1. The van der Waals surface area contributed by atoms with Crippen molar-refractivity contribution in [3.8, 4) is 12.3 Å². The van der Waals surface area contributed by atoms with E-state index in [1.54, 1.807) is 6.92 Å². The van der Waals surface area contributed by atoms with Crippen LogP contribution in [0.3, 0.4) is 0 Å². The van der Waals surface area contributed by atoms with Crippen molar-refractivity contribution in [2.75, 3.05) is 19.6 Å². The molecule has 2 N–H and O–H groups in total. The molecule has 1 saturated heterocycles. The van der Waals surface area contributed by atoms with Gasteiger partial charge in [-0.25, -0.2) is 0 Å². The molecular weight excluding hydrogens is 196 g/mol. The third-order valence-electron chi connectivity index (χ3n) is 2.55. The minimum absolute atomic E-state index is 0.156. The van der Waals surface area contributed by atoms with E-state index in [-0.39, 0.29) is 24.4 Å². The molecule has 0 bridgehead atoms. The van der Waals surface area contributed by atoms with Crippen molar-refractivity contribution >= 4 is 11.9 Å². The van der Waals surface area contributed by atoms with Gasteiger partial charge in [0.15, 0.2) is 0 Å². The molecule has 82 valence electrons. The Balaban J connectivity index is 2.31. The minimum Gasteiger partial charge on any atom is -0.481 e. The summed E-state index contributed by atoms with van der Waals surface area (Å²) in [5.74, 6) is 1.01. The van der Waals surface area contributed by atoms with Crippen molar-refractivity contribution < 1.29 is 14.7 Å². The Labute approximate surface area is 88.4 Å². The molecule has 1 aliphatic rings. The molecule has 1 aliphatic heterocycles. The van der Waals surface area contributed by atoms with Gasteiger partial charge in [-0.15, -0.1) is 6.42 Å². The molecule has 0 aromatic rings. The van der Waals surface area contributed by atoms with Crippen LogP contribution in [0.25, 0.3) is 0 Å². The topological polar surface area (TPSA) is 69.6 Å². The Morgan fingerprint density at radius 2 is 2.27 bits per heavy atom. The Hall–Kier alpha value is -1.54. The molecule has 1 heterocycles. The fraction of sp³-hybridized carbons (Fsp3) is 0.600. The van der Waals surface area contributed by atoms with E-state index in [0.717, 1.165) is 0 Å². The van der Waals surface area contributed by atoms with E-state index in [1.165, 1.54) is 0 Å². The van der Waals surface area contributed by atoms with Crippen molar-refractivity contribution in [3.63, 3.8) is 0 Å². The van der Waals surface area contributed by atoms with Crippen LogP contribution >= 0.6 is 0 Å². The Kier molecular flexibility index (Phi) is 3.69. The van der Waals surface area contributed by atoms with E-state index >= 15 is 0 Å². The van der Waals surface area contributed by atoms with Crippen LogP contribution in [-0.2, 0) is 9.59 Å². The molecule has 0 aromatic carbocycles. The first-order chi connectivity index (χ1) is 7.06. The van der Waals surface area contributed by atoms with Crippen molar-refractivity contribution in [3.05, 3.63) is 0 Å². The molecule has 0 saturated carbocycles. The first-order valence-corrected chi connectivity index (χ1v) is 4.74. The molecule has 0 spiro atoms. The highest BCUT2D eigenvalue weighted by molar-refractivity contribution is 5.82. The molecule has 0 aliphatic carbocycles. The van der Waals surface area contributed by atoms with Gasteiger partial charge in [-0.1, -0.05) is 5.92 Å². The molecule has 15 heavy (non-hydrogen) atoms. The lowest BCUT2D eigenvalue weighted by Gasteiger charge is -2.40. The van der Waals surface area contributed by atoms with E-state index in [1.807, 2.05) is 4.90 Å². The normalized spacial score (nSPS) is 18.7. The number of nitrogens with one attached hydrogen (secondary N) is 1. The van der Waals surface area contributed by atoms with Gasteiger partial charge in [-0.3, -0.25) is 14.5 Å². The Bertz CT molecular complexity index is 302. The van der Waals surface area contributed by atoms with Crippen LogP contribution < -0.4 is 5.32 Å². The SMILES string of the molecule is C#CCNC(=O)C(C)N1CC(C(=O)O)C1. The zero-order chi connectivity index (χ0) is 11.4. The number of hydrogen-bond donors (Lipinski definition) is 2. The molecule has 1 fully saturated rings. The summed E-state index contributed by atoms with van der Waals surface area (Å²) in [6.07, 6.45) is 5.01. The number of carboxylic acids is 1. The Morgan fingerprint density at radius 1 is 1.67 bits per heavy atom. The number of likely N-dealkylation sites (tertiary alicyclic amines) is 1. The minimum atomic E-state index is -0.803. The summed E-state index contributed by atoms with van der Waals surface area (Å²) in [5, 5.41) is 11.2. The smallest absolute Gasteiger partial charge is 0.309 e. The van der Waals surface area contributed by atoms with Gasteiger partial charge in [0.05, 0.1) is 18.5 Å². The maximum absolute atomic E-state index is 11.4. The molecular formula is C10H14N2O3. The van der Waals surface area contributed by atoms with E-state index in [9.17, 15) is 9.59 Å². The van der Waals surface area contributed by atoms with Crippen LogP contribution in [0.4, 0.5) is 0 Å². The highest BCUT2D eigenvalue weighted by Crippen LogP contribution is 2.18. The fourth-order valence-electron chi connectivity index (χ4n) is 1.44. The molecule has 5 nitrogen and oxygen atoms in total. The number of carbonyl (C=O) groups excluding carboxylic acids is 1. The monoisotopic (exact) mass is 210 g/mol. The van der Waals surface area contributed by atoms with Gasteiger partial charge in [0, 0.05) is 13.1 Å². The zero-order valence-corrected chi connectivity index (χ0v) is 8.56. The number of carbonyl (C=O) groups is 2. The average Bonchev–Trinajstić information content (AvgIpc) is 2.10. The standard InChI is InChI=1S/C10H14N2O3/c1-3-4-11-9(13)7(2)12-5-8(6-12)10(14)15/h1,7-8H,4-6H2,2H3,(H,11,13)(H,14,15). The lowest BCUT2D eigenvalue weighted by atomic mass is 9.98. The first-order valence-electron chi connectivity index (χ1n) is 4.74. The number of hydrogen-bond acceptors (Lipinski definition) is 3. The molecule has 5 heteroatoms. The van der Waals surface area contributed by atoms with Gasteiger partial charge in [0.2, 0.25) is 5.91 Å². The van der Waals surface area contributed by atoms with E-state index in [0.29, 0.717) is 13.1 Å². The summed E-state index contributed by atoms with van der Waals surface area (Å²) in [7, 11) is 0. The summed E-state index contributed by atoms with van der Waals surface area (Å²) in [6, 6.07) is -0.311. The van der Waals surface area contributed by atoms with E-state index in [4.69, 9.17) is 11.5 Å². The van der Waals surface area contributed by atoms with Crippen molar-refractivity contribution in [2.24, 2.45) is 5.92 Å². The van der Waals surface area contributed by atoms with Crippen molar-refractivity contribution in [2.45, 2.75) is 13.0 Å². The van der Waals surface area contributed by atoms with Gasteiger partial charge < -0.3 is 10.4 Å². The average molecular weight is 210 g/mol. The molecule has 1 amide bonds. The summed E-state index contributed by atoms with van der Waals surface area (Å²) >= 11 is 0. The lowest BCUT2D eigenvalue weighted by molar-refractivity contribution is -0.150. The van der Waals surface area contributed by atoms with Crippen LogP contribution in [0.1, 0.15) is 6.92 Å². The van der Waals surface area contributed by atoms with Crippen LogP contribution in [0.15, 0.2) is 0 Å². The molecule has 1 unspecified atom stereocenters. The maximum Gasteiger partial charge on any atom is 0.309 e. The molecule has 1 atom stereocenters. The predicted molar refractivity (Wildman–Crippen MR) is 54.0 cm³/mol. The van der Waals surface area contributed by atoms with Crippen molar-refractivity contribution in [1.82, 2.24) is 10.2 Å². The molecule has 1 rings (SSSR count). The predicted octanol–water partition coefficient (Wildman–Crippen LogP) is -0.859. The number of amides is 1. The summed E-state index contributed by atoms with van der Waals surface area (Å²) < 4.78 is 0. The maximum atomic E-state index is 11.4. The zero-order valence-electron chi connectivity index (χ0n) is 8.56. The number of rotatable bonds is 4. The highest BCUT2D eigenvalue weighted by atomic mass is 16.4. The van der Waals surface area contributed by atoms with Crippen LogP contribution in [0.2, 0.25) is 0 Å². The van der Waals surface area contributed by atoms with Crippen LogP contribution in [0.5, 0.6) is 0 Å². The fourth-order valence-corrected chi connectivity index (χ4v) is 1.44. The molecule has 0 aromatic heterocycles. The number of terminal acetylenes is 1. The highest BCUT2D eigenvalue weighted by Gasteiger charge is 2.37. The lowest BCUT2D eigenvalue weighted by Crippen LogP contribution is -2.58. The van der Waals surface area contributed by atoms with Crippen molar-refractivity contribution in [1.29, 1.82) is 0 Å². The third kappa shape index (κ3) is 2.70. The quantitative estimate of drug-likeness (QED) is 0.592. The van der Waals surface area contributed by atoms with Crippen LogP contribution in [-0.4, -0.2) is 47.6 Å². The summed E-state index contributed by atoms with van der Waals surface area (Å²) in [6.45, 7) is 2.81. The largest absolute Gasteiger partial charge is 0.481 e. The third-order valence-corrected chi connectivity index (χ3v) is 2.55. The van der Waals surface area contributed by atoms with Gasteiger partial charge in [-0.05, 0) is 6.92 Å². The van der Waals surface area contributed by atoms with E-state index < -0.39 is 5.97 Å². The number of aliphatic carboxylic acids is 1. The second-order valence-corrected chi connectivity index (χ2v) is 3.59.